The Morgan fingerprint density at radius 2 is 2.00 bits per heavy atom. The van der Waals surface area contributed by atoms with E-state index < -0.39 is 0 Å². The van der Waals surface area contributed by atoms with Crippen molar-refractivity contribution in [2.24, 2.45) is 0 Å². The van der Waals surface area contributed by atoms with E-state index in [1.807, 2.05) is 25.7 Å². The molecule has 1 aliphatic rings. The van der Waals surface area contributed by atoms with E-state index >= 15 is 0 Å². The highest BCUT2D eigenvalue weighted by Crippen LogP contribution is 2.19. The molecule has 0 aromatic rings. The summed E-state index contributed by atoms with van der Waals surface area (Å²) in [6.07, 6.45) is 0. The second-order valence-electron chi connectivity index (χ2n) is 4.32. The fourth-order valence-corrected chi connectivity index (χ4v) is 1.53. The smallest absolute Gasteiger partial charge is 0.320 e. The van der Waals surface area contributed by atoms with Crippen LogP contribution in [0.5, 0.6) is 0 Å². The molecule has 13 heavy (non-hydrogen) atoms. The van der Waals surface area contributed by atoms with E-state index in [2.05, 4.69) is 0 Å². The Morgan fingerprint density at radius 1 is 1.38 bits per heavy atom. The van der Waals surface area contributed by atoms with Crippen molar-refractivity contribution in [3.8, 4) is 0 Å². The number of aliphatic hydroxyl groups excluding tert-OH is 1. The van der Waals surface area contributed by atoms with E-state index in [0.717, 1.165) is 13.1 Å². The molecule has 0 radical (unpaired) electrons. The van der Waals surface area contributed by atoms with Gasteiger partial charge in [-0.25, -0.2) is 4.79 Å². The highest BCUT2D eigenvalue weighted by Gasteiger charge is 2.34. The molecule has 1 rings (SSSR count). The maximum absolute atomic E-state index is 11.7. The van der Waals surface area contributed by atoms with Crippen LogP contribution in [0.1, 0.15) is 20.8 Å². The van der Waals surface area contributed by atoms with E-state index in [4.69, 9.17) is 5.11 Å². The van der Waals surface area contributed by atoms with Crippen LogP contribution in [0.3, 0.4) is 0 Å². The molecule has 1 heterocycles. The number of hydrogen-bond acceptors (Lipinski definition) is 2. The van der Waals surface area contributed by atoms with Crippen LogP contribution in [0, 0.1) is 0 Å². The minimum atomic E-state index is -0.110. The van der Waals surface area contributed by atoms with Crippen molar-refractivity contribution in [1.82, 2.24) is 9.80 Å². The van der Waals surface area contributed by atoms with E-state index in [9.17, 15) is 4.79 Å². The Hall–Kier alpha value is -0.770. The van der Waals surface area contributed by atoms with Crippen LogP contribution < -0.4 is 0 Å². The standard InChI is InChI=1S/C9H18N2O2/c1-9(2,3)11-5-4-10(6-7-12)8(11)13/h12H,4-7H2,1-3H3. The first-order valence-electron chi connectivity index (χ1n) is 4.64. The third kappa shape index (κ3) is 2.12. The van der Waals surface area contributed by atoms with E-state index in [0.29, 0.717) is 6.54 Å². The molecular weight excluding hydrogens is 168 g/mol. The number of urea groups is 1. The molecule has 2 amide bonds. The largest absolute Gasteiger partial charge is 0.395 e. The van der Waals surface area contributed by atoms with Gasteiger partial charge in [0.25, 0.3) is 0 Å². The first kappa shape index (κ1) is 10.3. The predicted octanol–water partition coefficient (Wildman–Crippen LogP) is 0.515. The predicted molar refractivity (Wildman–Crippen MR) is 50.5 cm³/mol. The summed E-state index contributed by atoms with van der Waals surface area (Å²) in [5, 5.41) is 8.72. The molecule has 0 bridgehead atoms. The van der Waals surface area contributed by atoms with Gasteiger partial charge in [-0.1, -0.05) is 0 Å². The zero-order valence-corrected chi connectivity index (χ0v) is 8.58. The highest BCUT2D eigenvalue weighted by molar-refractivity contribution is 5.77. The molecule has 1 fully saturated rings. The number of amides is 2. The molecule has 0 aromatic carbocycles. The summed E-state index contributed by atoms with van der Waals surface area (Å²) in [6, 6.07) is 0.0431. The molecule has 0 saturated carbocycles. The van der Waals surface area contributed by atoms with Gasteiger partial charge < -0.3 is 14.9 Å². The van der Waals surface area contributed by atoms with E-state index in [1.54, 1.807) is 4.90 Å². The molecule has 76 valence electrons. The maximum Gasteiger partial charge on any atom is 0.320 e. The maximum atomic E-state index is 11.7. The normalized spacial score (nSPS) is 18.6. The van der Waals surface area contributed by atoms with E-state index in [-0.39, 0.29) is 18.2 Å². The monoisotopic (exact) mass is 186 g/mol. The van der Waals surface area contributed by atoms with Crippen molar-refractivity contribution >= 4 is 6.03 Å². The Kier molecular flexibility index (Phi) is 2.81. The number of hydrogen-bond donors (Lipinski definition) is 1. The van der Waals surface area contributed by atoms with Crippen LogP contribution in [0.15, 0.2) is 0 Å². The van der Waals surface area contributed by atoms with Crippen LogP contribution in [0.2, 0.25) is 0 Å². The lowest BCUT2D eigenvalue weighted by Crippen LogP contribution is -2.44. The van der Waals surface area contributed by atoms with Gasteiger partial charge in [0.15, 0.2) is 0 Å². The number of carbonyl (C=O) groups is 1. The van der Waals surface area contributed by atoms with Gasteiger partial charge in [-0.05, 0) is 20.8 Å². The van der Waals surface area contributed by atoms with Crippen molar-refractivity contribution in [1.29, 1.82) is 0 Å². The topological polar surface area (TPSA) is 43.8 Å². The molecule has 1 N–H and O–H groups in total. The Morgan fingerprint density at radius 3 is 2.38 bits per heavy atom. The highest BCUT2D eigenvalue weighted by atomic mass is 16.3. The molecule has 0 spiro atoms. The minimum absolute atomic E-state index is 0.0431. The third-order valence-electron chi connectivity index (χ3n) is 2.27. The molecule has 0 aromatic heterocycles. The lowest BCUT2D eigenvalue weighted by atomic mass is 10.1. The molecule has 0 aliphatic carbocycles. The number of aliphatic hydroxyl groups is 1. The molecule has 4 heteroatoms. The SMILES string of the molecule is CC(C)(C)N1CCN(CCO)C1=O. The quantitative estimate of drug-likeness (QED) is 0.683. The third-order valence-corrected chi connectivity index (χ3v) is 2.27. The van der Waals surface area contributed by atoms with Crippen LogP contribution in [-0.2, 0) is 0 Å². The zero-order chi connectivity index (χ0) is 10.1. The Balaban J connectivity index is 2.60. The lowest BCUT2D eigenvalue weighted by Gasteiger charge is -2.31. The van der Waals surface area contributed by atoms with Gasteiger partial charge in [0, 0.05) is 25.2 Å². The first-order valence-corrected chi connectivity index (χ1v) is 4.64. The van der Waals surface area contributed by atoms with Crippen molar-refractivity contribution in [2.45, 2.75) is 26.3 Å². The van der Waals surface area contributed by atoms with Gasteiger partial charge >= 0.3 is 6.03 Å². The summed E-state index contributed by atoms with van der Waals surface area (Å²) >= 11 is 0. The Labute approximate surface area is 79.1 Å². The van der Waals surface area contributed by atoms with Crippen molar-refractivity contribution in [2.75, 3.05) is 26.2 Å². The fourth-order valence-electron chi connectivity index (χ4n) is 1.53. The van der Waals surface area contributed by atoms with Gasteiger partial charge in [-0.2, -0.15) is 0 Å². The fraction of sp³-hybridized carbons (Fsp3) is 0.889. The second-order valence-corrected chi connectivity index (χ2v) is 4.32. The summed E-state index contributed by atoms with van der Waals surface area (Å²) < 4.78 is 0. The summed E-state index contributed by atoms with van der Waals surface area (Å²) in [5.41, 5.74) is -0.110. The molecule has 0 unspecified atom stereocenters. The number of β-amino-alcohol motifs (C(OH)–C–C–N with tert-alkyl or cyclic N) is 1. The zero-order valence-electron chi connectivity index (χ0n) is 8.58. The molecular formula is C9H18N2O2. The summed E-state index contributed by atoms with van der Waals surface area (Å²) in [7, 11) is 0. The second kappa shape index (κ2) is 3.54. The summed E-state index contributed by atoms with van der Waals surface area (Å²) in [6.45, 7) is 8.06. The minimum Gasteiger partial charge on any atom is -0.395 e. The van der Waals surface area contributed by atoms with E-state index in [1.165, 1.54) is 0 Å². The van der Waals surface area contributed by atoms with Crippen molar-refractivity contribution in [3.05, 3.63) is 0 Å². The number of rotatable bonds is 2. The van der Waals surface area contributed by atoms with Crippen LogP contribution in [0.4, 0.5) is 4.79 Å². The summed E-state index contributed by atoms with van der Waals surface area (Å²) in [5.74, 6) is 0. The molecule has 4 nitrogen and oxygen atoms in total. The molecule has 1 saturated heterocycles. The van der Waals surface area contributed by atoms with Gasteiger partial charge in [-0.15, -0.1) is 0 Å². The van der Waals surface area contributed by atoms with Gasteiger partial charge in [-0.3, -0.25) is 0 Å². The lowest BCUT2D eigenvalue weighted by molar-refractivity contribution is 0.149. The number of nitrogens with zero attached hydrogens (tertiary/aromatic N) is 2. The molecule has 1 aliphatic heterocycles. The van der Waals surface area contributed by atoms with Gasteiger partial charge in [0.05, 0.1) is 6.61 Å². The number of carbonyl (C=O) groups excluding carboxylic acids is 1. The van der Waals surface area contributed by atoms with Crippen LogP contribution >= 0.6 is 0 Å². The van der Waals surface area contributed by atoms with Gasteiger partial charge in [0.1, 0.15) is 0 Å². The average Bonchev–Trinajstić information content (AvgIpc) is 2.32. The van der Waals surface area contributed by atoms with Gasteiger partial charge in [0.2, 0.25) is 0 Å². The van der Waals surface area contributed by atoms with Crippen molar-refractivity contribution in [3.63, 3.8) is 0 Å². The van der Waals surface area contributed by atoms with Crippen LogP contribution in [-0.4, -0.2) is 52.7 Å². The van der Waals surface area contributed by atoms with Crippen molar-refractivity contribution < 1.29 is 9.90 Å². The first-order chi connectivity index (χ1) is 5.96. The average molecular weight is 186 g/mol. The summed E-state index contributed by atoms with van der Waals surface area (Å²) in [4.78, 5) is 15.2. The molecule has 0 atom stereocenters. The van der Waals surface area contributed by atoms with Crippen LogP contribution in [0.25, 0.3) is 0 Å². The Bertz CT molecular complexity index is 198.